The summed E-state index contributed by atoms with van der Waals surface area (Å²) >= 11 is 1.14. The summed E-state index contributed by atoms with van der Waals surface area (Å²) in [5, 5.41) is 17.6. The minimum absolute atomic E-state index is 0.0642. The summed E-state index contributed by atoms with van der Waals surface area (Å²) in [4.78, 5) is 10.8. The number of aryl methyl sites for hydroxylation is 1. The Balaban J connectivity index is 2.46. The first-order chi connectivity index (χ1) is 11.0. The first-order valence-electron chi connectivity index (χ1n) is 7.16. The van der Waals surface area contributed by atoms with Gasteiger partial charge in [-0.3, -0.25) is 9.36 Å². The lowest BCUT2D eigenvalue weighted by Crippen LogP contribution is -2.05. The third-order valence-electron chi connectivity index (χ3n) is 3.20. The molecule has 5 nitrogen and oxygen atoms in total. The van der Waals surface area contributed by atoms with Gasteiger partial charge in [0.1, 0.15) is 5.82 Å². The molecule has 1 aromatic heterocycles. The molecule has 0 spiro atoms. The van der Waals surface area contributed by atoms with Crippen molar-refractivity contribution in [3.05, 3.63) is 60.0 Å². The number of hydrogen-bond donors (Lipinski definition) is 1. The highest BCUT2D eigenvalue weighted by molar-refractivity contribution is 7.99. The van der Waals surface area contributed by atoms with Gasteiger partial charge in [0, 0.05) is 0 Å². The monoisotopic (exact) mass is 329 g/mol. The maximum atomic E-state index is 10.8. The van der Waals surface area contributed by atoms with Crippen LogP contribution in [0.5, 0.6) is 0 Å². The number of carboxylic acids is 1. The van der Waals surface area contributed by atoms with Crippen LogP contribution >= 0.6 is 11.8 Å². The molecule has 1 heterocycles. The van der Waals surface area contributed by atoms with E-state index in [0.29, 0.717) is 11.0 Å². The highest BCUT2D eigenvalue weighted by Crippen LogP contribution is 2.26. The fourth-order valence-electron chi connectivity index (χ4n) is 2.04. The van der Waals surface area contributed by atoms with Crippen LogP contribution in [-0.4, -0.2) is 31.6 Å². The molecular weight excluding hydrogens is 310 g/mol. The molecule has 0 unspecified atom stereocenters. The number of allylic oxidation sites excluding steroid dienone is 9. The first kappa shape index (κ1) is 17.0. The van der Waals surface area contributed by atoms with Gasteiger partial charge in [0.2, 0.25) is 0 Å². The summed E-state index contributed by atoms with van der Waals surface area (Å²) in [5.74, 6) is -0.259. The summed E-state index contributed by atoms with van der Waals surface area (Å²) in [6.45, 7) is 8.01. The van der Waals surface area contributed by atoms with Gasteiger partial charge in [-0.25, -0.2) is 0 Å². The molecule has 0 atom stereocenters. The normalized spacial score (nSPS) is 22.6. The van der Waals surface area contributed by atoms with Crippen LogP contribution in [0, 0.1) is 6.92 Å². The van der Waals surface area contributed by atoms with Crippen LogP contribution in [0.4, 0.5) is 0 Å². The standard InChI is InChI=1S/C17H19N3O2S/c1-12-7-5-4-6-8-13(2)15(10-9-12)20-14(3)18-19-17(20)23-11-16(21)22/h4-6,8-10H,2,7,11H2,1,3H3,(H,21,22)/b5-4-,8-6-,12-9-,15-10+. The average Bonchev–Trinajstić information content (AvgIpc) is 2.86. The van der Waals surface area contributed by atoms with Crippen molar-refractivity contribution >= 4 is 23.4 Å². The molecule has 0 aromatic carbocycles. The molecular formula is C17H19N3O2S. The number of rotatable bonds is 4. The minimum atomic E-state index is -0.887. The Morgan fingerprint density at radius 2 is 2.13 bits per heavy atom. The summed E-state index contributed by atoms with van der Waals surface area (Å²) in [6.07, 6.45) is 12.8. The van der Waals surface area contributed by atoms with Crippen LogP contribution in [0.15, 0.2) is 59.3 Å². The van der Waals surface area contributed by atoms with Gasteiger partial charge < -0.3 is 5.11 Å². The van der Waals surface area contributed by atoms with E-state index in [1.165, 1.54) is 5.57 Å². The lowest BCUT2D eigenvalue weighted by atomic mass is 10.1. The predicted molar refractivity (Wildman–Crippen MR) is 93.2 cm³/mol. The van der Waals surface area contributed by atoms with Crippen molar-refractivity contribution in [1.29, 1.82) is 0 Å². The molecule has 0 bridgehead atoms. The van der Waals surface area contributed by atoms with Gasteiger partial charge in [-0.1, -0.05) is 54.3 Å². The molecule has 1 aliphatic rings. The van der Waals surface area contributed by atoms with Gasteiger partial charge >= 0.3 is 5.97 Å². The Morgan fingerprint density at radius 1 is 1.35 bits per heavy atom. The zero-order valence-electron chi connectivity index (χ0n) is 13.2. The van der Waals surface area contributed by atoms with Crippen molar-refractivity contribution in [2.75, 3.05) is 5.75 Å². The molecule has 1 N–H and O–H groups in total. The third-order valence-corrected chi connectivity index (χ3v) is 4.11. The van der Waals surface area contributed by atoms with Gasteiger partial charge in [0.05, 0.1) is 11.4 Å². The van der Waals surface area contributed by atoms with Gasteiger partial charge in [-0.05, 0) is 31.9 Å². The van der Waals surface area contributed by atoms with E-state index in [9.17, 15) is 4.79 Å². The quantitative estimate of drug-likeness (QED) is 0.855. The summed E-state index contributed by atoms with van der Waals surface area (Å²) in [7, 11) is 0. The number of carboxylic acid groups (broad SMARTS) is 1. The second-order valence-electron chi connectivity index (χ2n) is 5.13. The minimum Gasteiger partial charge on any atom is -0.481 e. The molecule has 1 aliphatic carbocycles. The van der Waals surface area contributed by atoms with E-state index in [1.807, 2.05) is 41.9 Å². The second kappa shape index (κ2) is 7.78. The lowest BCUT2D eigenvalue weighted by molar-refractivity contribution is -0.133. The number of hydrogen-bond acceptors (Lipinski definition) is 4. The number of aliphatic carboxylic acids is 1. The fourth-order valence-corrected chi connectivity index (χ4v) is 2.75. The van der Waals surface area contributed by atoms with Crippen molar-refractivity contribution in [2.45, 2.75) is 25.4 Å². The Kier molecular flexibility index (Phi) is 5.76. The predicted octanol–water partition coefficient (Wildman–Crippen LogP) is 3.62. The Labute approximate surface area is 139 Å². The summed E-state index contributed by atoms with van der Waals surface area (Å²) < 4.78 is 1.84. The molecule has 0 fully saturated rings. The molecule has 6 heteroatoms. The van der Waals surface area contributed by atoms with Crippen LogP contribution in [0.25, 0.3) is 5.70 Å². The molecule has 2 rings (SSSR count). The molecule has 0 radical (unpaired) electrons. The van der Waals surface area contributed by atoms with Crippen molar-refractivity contribution in [1.82, 2.24) is 14.8 Å². The van der Waals surface area contributed by atoms with Crippen LogP contribution in [0.1, 0.15) is 19.2 Å². The van der Waals surface area contributed by atoms with Gasteiger partial charge in [0.25, 0.3) is 0 Å². The number of nitrogens with zero attached hydrogens (tertiary/aromatic N) is 3. The van der Waals surface area contributed by atoms with E-state index in [2.05, 4.69) is 29.8 Å². The van der Waals surface area contributed by atoms with Gasteiger partial charge in [-0.2, -0.15) is 0 Å². The van der Waals surface area contributed by atoms with E-state index in [1.54, 1.807) is 0 Å². The van der Waals surface area contributed by atoms with E-state index in [4.69, 9.17) is 5.11 Å². The smallest absolute Gasteiger partial charge is 0.313 e. The Bertz CT molecular complexity index is 739. The molecule has 0 saturated carbocycles. The number of thioether (sulfide) groups is 1. The molecule has 1 aromatic rings. The van der Waals surface area contributed by atoms with Crippen LogP contribution < -0.4 is 0 Å². The Morgan fingerprint density at radius 3 is 2.87 bits per heavy atom. The molecule has 120 valence electrons. The zero-order valence-corrected chi connectivity index (χ0v) is 14.0. The van der Waals surface area contributed by atoms with E-state index >= 15 is 0 Å². The van der Waals surface area contributed by atoms with E-state index in [-0.39, 0.29) is 5.75 Å². The van der Waals surface area contributed by atoms with Gasteiger partial charge in [-0.15, -0.1) is 10.2 Å². The van der Waals surface area contributed by atoms with Crippen molar-refractivity contribution in [3.8, 4) is 0 Å². The highest BCUT2D eigenvalue weighted by Gasteiger charge is 2.15. The fraction of sp³-hybridized carbons (Fsp3) is 0.235. The summed E-state index contributed by atoms with van der Waals surface area (Å²) in [6, 6.07) is 0. The highest BCUT2D eigenvalue weighted by atomic mass is 32.2. The topological polar surface area (TPSA) is 68.0 Å². The average molecular weight is 329 g/mol. The maximum absolute atomic E-state index is 10.8. The SMILES string of the molecule is C=C1/C=C\C=C/C/C(C)=C\C=C/1n1c(C)nnc1SCC(=O)O. The maximum Gasteiger partial charge on any atom is 0.313 e. The lowest BCUT2D eigenvalue weighted by Gasteiger charge is -2.13. The largest absolute Gasteiger partial charge is 0.481 e. The van der Waals surface area contributed by atoms with E-state index in [0.717, 1.165) is 29.5 Å². The van der Waals surface area contributed by atoms with E-state index < -0.39 is 5.97 Å². The molecule has 0 aliphatic heterocycles. The zero-order chi connectivity index (χ0) is 16.8. The van der Waals surface area contributed by atoms with Crippen LogP contribution in [0.2, 0.25) is 0 Å². The van der Waals surface area contributed by atoms with Gasteiger partial charge in [0.15, 0.2) is 5.16 Å². The third kappa shape index (κ3) is 4.56. The number of aromatic nitrogens is 3. The second-order valence-corrected chi connectivity index (χ2v) is 6.07. The first-order valence-corrected chi connectivity index (χ1v) is 8.14. The Hall–Kier alpha value is -2.34. The van der Waals surface area contributed by atoms with Crippen molar-refractivity contribution < 1.29 is 9.90 Å². The van der Waals surface area contributed by atoms with Crippen molar-refractivity contribution in [3.63, 3.8) is 0 Å². The summed E-state index contributed by atoms with van der Waals surface area (Å²) in [5.41, 5.74) is 2.86. The number of carbonyl (C=O) groups is 1. The molecule has 0 saturated heterocycles. The van der Waals surface area contributed by atoms with Crippen molar-refractivity contribution in [2.24, 2.45) is 0 Å². The molecule has 0 amide bonds. The van der Waals surface area contributed by atoms with Crippen LogP contribution in [-0.2, 0) is 4.79 Å². The van der Waals surface area contributed by atoms with Crippen LogP contribution in [0.3, 0.4) is 0 Å². The molecule has 23 heavy (non-hydrogen) atoms.